The first kappa shape index (κ1) is 27.1. The van der Waals surface area contributed by atoms with E-state index < -0.39 is 5.97 Å². The Bertz CT molecular complexity index is 1500. The van der Waals surface area contributed by atoms with E-state index in [9.17, 15) is 19.5 Å². The minimum Gasteiger partial charge on any atom is -0.545 e. The van der Waals surface area contributed by atoms with E-state index in [0.717, 1.165) is 44.5 Å². The van der Waals surface area contributed by atoms with Crippen molar-refractivity contribution in [2.24, 2.45) is 0 Å². The summed E-state index contributed by atoms with van der Waals surface area (Å²) in [7, 11) is 7.93. The van der Waals surface area contributed by atoms with Gasteiger partial charge >= 0.3 is 0 Å². The monoisotopic (exact) mass is 501 g/mol. The predicted octanol–water partition coefficient (Wildman–Crippen LogP) is 2.38. The van der Waals surface area contributed by atoms with Gasteiger partial charge < -0.3 is 24.5 Å². The van der Waals surface area contributed by atoms with Gasteiger partial charge in [0.1, 0.15) is 31.2 Å². The van der Waals surface area contributed by atoms with Crippen LogP contribution >= 0.6 is 0 Å². The maximum Gasteiger partial charge on any atom is 0.217 e. The molecule has 0 saturated carbocycles. The second-order valence-electron chi connectivity index (χ2n) is 9.11. The van der Waals surface area contributed by atoms with E-state index >= 15 is 0 Å². The Hall–Kier alpha value is -4.46. The highest BCUT2D eigenvalue weighted by Gasteiger charge is 2.18. The molecule has 192 valence electrons. The fourth-order valence-electron chi connectivity index (χ4n) is 3.79. The summed E-state index contributed by atoms with van der Waals surface area (Å²) >= 11 is 0. The number of aromatic carboxylic acids is 1. The largest absolute Gasteiger partial charge is 0.545 e. The molecule has 2 aliphatic rings. The molecule has 2 aromatic rings. The van der Waals surface area contributed by atoms with Crippen molar-refractivity contribution in [2.75, 3.05) is 39.6 Å². The van der Waals surface area contributed by atoms with Crippen LogP contribution in [0.2, 0.25) is 0 Å². The summed E-state index contributed by atoms with van der Waals surface area (Å²) in [6.45, 7) is 2.95. The summed E-state index contributed by atoms with van der Waals surface area (Å²) in [6.07, 6.45) is 0. The quantitative estimate of drug-likeness (QED) is 0.333. The first-order chi connectivity index (χ1) is 17.5. The molecule has 1 heterocycles. The first-order valence-electron chi connectivity index (χ1n) is 11.7. The van der Waals surface area contributed by atoms with Crippen molar-refractivity contribution in [3.05, 3.63) is 71.6 Å². The normalized spacial score (nSPS) is 10.4. The number of fused-ring (bicyclic) bond motifs is 2. The fourth-order valence-corrected chi connectivity index (χ4v) is 3.79. The molecule has 8 nitrogen and oxygen atoms in total. The SMILES string of the molecule is CC(=O)CNC(C)=O.CN(C)c1ccc2c(-c3cccc(C(=O)[O-])c3)c3ccc(=[N+](C)C)cc-3oc2c1. The molecule has 4 rings (SSSR count). The Morgan fingerprint density at radius 1 is 0.973 bits per heavy atom. The molecule has 0 saturated heterocycles. The van der Waals surface area contributed by atoms with Gasteiger partial charge in [-0.1, -0.05) is 18.2 Å². The molecule has 0 unspecified atom stereocenters. The van der Waals surface area contributed by atoms with Crippen LogP contribution in [0.3, 0.4) is 0 Å². The van der Waals surface area contributed by atoms with Crippen LogP contribution in [0.15, 0.2) is 65.1 Å². The fraction of sp³-hybridized carbons (Fsp3) is 0.241. The number of anilines is 1. The maximum absolute atomic E-state index is 11.4. The summed E-state index contributed by atoms with van der Waals surface area (Å²) in [4.78, 5) is 33.6. The number of carbonyl (C=O) groups is 3. The molecular weight excluding hydrogens is 470 g/mol. The second-order valence-corrected chi connectivity index (χ2v) is 9.11. The van der Waals surface area contributed by atoms with Crippen LogP contribution in [0.1, 0.15) is 24.2 Å². The van der Waals surface area contributed by atoms with Gasteiger partial charge in [-0.15, -0.1) is 0 Å². The average molecular weight is 502 g/mol. The number of hydrogen-bond donors (Lipinski definition) is 1. The number of carboxylic acid groups (broad SMARTS) is 1. The zero-order chi connectivity index (χ0) is 27.3. The summed E-state index contributed by atoms with van der Waals surface area (Å²) in [6, 6.07) is 19.0. The summed E-state index contributed by atoms with van der Waals surface area (Å²) < 4.78 is 8.31. The molecule has 0 bridgehead atoms. The Morgan fingerprint density at radius 2 is 1.70 bits per heavy atom. The van der Waals surface area contributed by atoms with E-state index in [0.29, 0.717) is 0 Å². The van der Waals surface area contributed by atoms with Crippen molar-refractivity contribution in [1.82, 2.24) is 9.89 Å². The van der Waals surface area contributed by atoms with E-state index in [1.54, 1.807) is 18.2 Å². The van der Waals surface area contributed by atoms with Gasteiger partial charge in [0.05, 0.1) is 18.6 Å². The minimum absolute atomic E-state index is 0.0276. The van der Waals surface area contributed by atoms with Gasteiger partial charge in [0.2, 0.25) is 11.3 Å². The molecule has 1 N–H and O–H groups in total. The predicted molar refractivity (Wildman–Crippen MR) is 143 cm³/mol. The van der Waals surface area contributed by atoms with Crippen molar-refractivity contribution in [1.29, 1.82) is 0 Å². The smallest absolute Gasteiger partial charge is 0.217 e. The van der Waals surface area contributed by atoms with Gasteiger partial charge in [0.15, 0.2) is 0 Å². The van der Waals surface area contributed by atoms with Crippen LogP contribution in [-0.4, -0.2) is 52.4 Å². The Labute approximate surface area is 215 Å². The van der Waals surface area contributed by atoms with Crippen molar-refractivity contribution in [3.63, 3.8) is 0 Å². The molecule has 0 atom stereocenters. The summed E-state index contributed by atoms with van der Waals surface area (Å²) in [5, 5.41) is 15.7. The second kappa shape index (κ2) is 11.5. The van der Waals surface area contributed by atoms with Gasteiger partial charge in [-0.25, -0.2) is 4.58 Å². The average Bonchev–Trinajstić information content (AvgIpc) is 2.85. The number of nitrogens with zero attached hydrogens (tertiary/aromatic N) is 2. The van der Waals surface area contributed by atoms with E-state index in [1.807, 2.05) is 80.1 Å². The molecule has 1 aliphatic carbocycles. The number of carbonyl (C=O) groups excluding carboxylic acids is 3. The highest BCUT2D eigenvalue weighted by molar-refractivity contribution is 6.03. The van der Waals surface area contributed by atoms with Gasteiger partial charge in [0.25, 0.3) is 0 Å². The lowest BCUT2D eigenvalue weighted by molar-refractivity contribution is -0.255. The number of Topliss-reactive ketones (excluding diaryl/α,β-unsaturated/α-hetero) is 1. The van der Waals surface area contributed by atoms with Crippen molar-refractivity contribution in [3.8, 4) is 22.5 Å². The lowest BCUT2D eigenvalue weighted by Crippen LogP contribution is -2.25. The van der Waals surface area contributed by atoms with Gasteiger partial charge in [-0.05, 0) is 42.3 Å². The number of carboxylic acids is 1. The van der Waals surface area contributed by atoms with E-state index in [1.165, 1.54) is 13.8 Å². The number of benzene rings is 3. The molecule has 0 aromatic heterocycles. The van der Waals surface area contributed by atoms with E-state index in [4.69, 9.17) is 4.42 Å². The molecule has 1 aliphatic heterocycles. The first-order valence-corrected chi connectivity index (χ1v) is 11.7. The molecular formula is C29H31N3O5. The van der Waals surface area contributed by atoms with Gasteiger partial charge in [-0.2, -0.15) is 0 Å². The number of ketones is 1. The zero-order valence-electron chi connectivity index (χ0n) is 21.9. The van der Waals surface area contributed by atoms with Crippen LogP contribution in [0, 0.1) is 0 Å². The highest BCUT2D eigenvalue weighted by Crippen LogP contribution is 2.40. The van der Waals surface area contributed by atoms with Crippen LogP contribution in [0.4, 0.5) is 5.69 Å². The summed E-state index contributed by atoms with van der Waals surface area (Å²) in [5.74, 6) is -0.639. The third kappa shape index (κ3) is 6.61. The van der Waals surface area contributed by atoms with Crippen molar-refractivity contribution < 1.29 is 23.9 Å². The molecule has 37 heavy (non-hydrogen) atoms. The van der Waals surface area contributed by atoms with Crippen LogP contribution in [-0.2, 0) is 9.59 Å². The lowest BCUT2D eigenvalue weighted by atomic mass is 9.92. The van der Waals surface area contributed by atoms with Gasteiger partial charge in [-0.3, -0.25) is 9.59 Å². The molecule has 0 fully saturated rings. The van der Waals surface area contributed by atoms with Crippen LogP contribution < -0.4 is 25.3 Å². The Morgan fingerprint density at radius 3 is 2.27 bits per heavy atom. The van der Waals surface area contributed by atoms with Gasteiger partial charge in [0, 0.05) is 55.4 Å². The molecule has 8 heteroatoms. The standard InChI is InChI=1S/C24H22N2O3.C5H9NO2/c1-25(2)17-8-10-19-21(13-17)29-22-14-18(26(3)4)9-11-20(22)23(19)15-6-5-7-16(12-15)24(27)28;1-4(7)3-6-5(2)8/h5-14H,1-4H3;3H2,1-2H3,(H,6,8). The van der Waals surface area contributed by atoms with Crippen molar-refractivity contribution in [2.45, 2.75) is 13.8 Å². The molecule has 2 aromatic carbocycles. The number of nitrogens with one attached hydrogen (secondary N) is 1. The van der Waals surface area contributed by atoms with Crippen molar-refractivity contribution >= 4 is 34.3 Å². The summed E-state index contributed by atoms with van der Waals surface area (Å²) in [5.41, 5.74) is 4.61. The molecule has 0 radical (unpaired) electrons. The Balaban J connectivity index is 0.000000414. The number of rotatable bonds is 5. The third-order valence-corrected chi connectivity index (χ3v) is 5.70. The zero-order valence-corrected chi connectivity index (χ0v) is 21.9. The number of hydrogen-bond acceptors (Lipinski definition) is 6. The molecule has 0 spiro atoms. The number of amides is 1. The van der Waals surface area contributed by atoms with E-state index in [-0.39, 0.29) is 23.8 Å². The van der Waals surface area contributed by atoms with Crippen LogP contribution in [0.5, 0.6) is 0 Å². The third-order valence-electron chi connectivity index (χ3n) is 5.70. The minimum atomic E-state index is -1.19. The topological polar surface area (TPSA) is 106 Å². The highest BCUT2D eigenvalue weighted by atomic mass is 16.4. The van der Waals surface area contributed by atoms with Crippen LogP contribution in [0.25, 0.3) is 33.4 Å². The lowest BCUT2D eigenvalue weighted by Gasteiger charge is -2.18. The maximum atomic E-state index is 11.4. The van der Waals surface area contributed by atoms with E-state index in [2.05, 4.69) is 5.32 Å². The Kier molecular flexibility index (Phi) is 8.45. The molecule has 1 amide bonds.